The molecule has 7 heteroatoms. The number of morpholine rings is 1. The van der Waals surface area contributed by atoms with Gasteiger partial charge in [0.2, 0.25) is 0 Å². The minimum absolute atomic E-state index is 0.0775. The molecule has 2 aliphatic rings. The Morgan fingerprint density at radius 3 is 2.25 bits per heavy atom. The van der Waals surface area contributed by atoms with Crippen LogP contribution in [-0.4, -0.2) is 55.3 Å². The Labute approximate surface area is 195 Å². The summed E-state index contributed by atoms with van der Waals surface area (Å²) in [4.78, 5) is 16.9. The maximum atomic E-state index is 12.6. The number of anilines is 2. The lowest BCUT2D eigenvalue weighted by Crippen LogP contribution is -2.36. The first-order valence-corrected chi connectivity index (χ1v) is 11.9. The van der Waals surface area contributed by atoms with Crippen molar-refractivity contribution < 1.29 is 9.53 Å². The number of benzene rings is 2. The minimum Gasteiger partial charge on any atom is -0.378 e. The molecule has 6 nitrogen and oxygen atoms in total. The van der Waals surface area contributed by atoms with E-state index in [1.165, 1.54) is 17.7 Å². The molecule has 4 rings (SSSR count). The van der Waals surface area contributed by atoms with Gasteiger partial charge in [0.1, 0.15) is 0 Å². The quantitative estimate of drug-likeness (QED) is 0.664. The van der Waals surface area contributed by atoms with Crippen LogP contribution in [0.4, 0.5) is 11.4 Å². The summed E-state index contributed by atoms with van der Waals surface area (Å²) < 4.78 is 5.43. The molecule has 0 aliphatic carbocycles. The van der Waals surface area contributed by atoms with Crippen LogP contribution in [0, 0.1) is 0 Å². The molecule has 0 saturated carbocycles. The monoisotopic (exact) mass is 452 g/mol. The predicted octanol–water partition coefficient (Wildman–Crippen LogP) is 4.20. The molecule has 1 atom stereocenters. The number of hydrogen-bond donors (Lipinski definition) is 2. The summed E-state index contributed by atoms with van der Waals surface area (Å²) in [6.45, 7) is 7.25. The first kappa shape index (κ1) is 22.6. The molecule has 2 aliphatic heterocycles. The average molecular weight is 453 g/mol. The fraction of sp³-hybridized carbons (Fsp3) is 0.440. The second-order valence-corrected chi connectivity index (χ2v) is 8.85. The zero-order valence-corrected chi connectivity index (χ0v) is 19.5. The summed E-state index contributed by atoms with van der Waals surface area (Å²) in [6.07, 6.45) is 3.41. The molecule has 0 unspecified atom stereocenters. The lowest BCUT2D eigenvalue weighted by atomic mass is 10.1. The Morgan fingerprint density at radius 1 is 0.938 bits per heavy atom. The standard InChI is InChI=1S/C25H32N4O2S/c1-19(20-7-11-23(12-8-20)28-15-17-31-18-16-28)26-25(32)27-22-9-5-21(6-10-22)24(30)29-13-3-2-4-14-29/h5-12,19H,2-4,13-18H2,1H3,(H2,26,27,32)/t19-/m1/s1. The molecule has 2 heterocycles. The molecule has 0 aromatic heterocycles. The number of nitrogens with one attached hydrogen (secondary N) is 2. The number of thiocarbonyl (C=S) groups is 1. The number of rotatable bonds is 5. The topological polar surface area (TPSA) is 56.8 Å². The van der Waals surface area contributed by atoms with Crippen molar-refractivity contribution in [1.82, 2.24) is 10.2 Å². The van der Waals surface area contributed by atoms with Crippen molar-refractivity contribution in [3.8, 4) is 0 Å². The van der Waals surface area contributed by atoms with Gasteiger partial charge in [-0.2, -0.15) is 0 Å². The molecule has 2 saturated heterocycles. The molecule has 0 spiro atoms. The largest absolute Gasteiger partial charge is 0.378 e. The number of carbonyl (C=O) groups excluding carboxylic acids is 1. The van der Waals surface area contributed by atoms with E-state index >= 15 is 0 Å². The first-order valence-electron chi connectivity index (χ1n) is 11.5. The van der Waals surface area contributed by atoms with Crippen molar-refractivity contribution in [2.45, 2.75) is 32.2 Å². The van der Waals surface area contributed by atoms with Crippen molar-refractivity contribution in [1.29, 1.82) is 0 Å². The highest BCUT2D eigenvalue weighted by molar-refractivity contribution is 7.80. The highest BCUT2D eigenvalue weighted by Crippen LogP contribution is 2.21. The number of carbonyl (C=O) groups is 1. The summed E-state index contributed by atoms with van der Waals surface area (Å²) >= 11 is 5.51. The van der Waals surface area contributed by atoms with Gasteiger partial charge >= 0.3 is 0 Å². The van der Waals surface area contributed by atoms with Crippen molar-refractivity contribution in [2.75, 3.05) is 49.6 Å². The van der Waals surface area contributed by atoms with Crippen molar-refractivity contribution in [3.63, 3.8) is 0 Å². The van der Waals surface area contributed by atoms with Gasteiger partial charge in [-0.1, -0.05) is 12.1 Å². The summed E-state index contributed by atoms with van der Waals surface area (Å²) in [7, 11) is 0. The van der Waals surface area contributed by atoms with Crippen LogP contribution >= 0.6 is 12.2 Å². The van der Waals surface area contributed by atoms with Crippen LogP contribution in [0.1, 0.15) is 48.1 Å². The number of amides is 1. The zero-order chi connectivity index (χ0) is 22.3. The maximum absolute atomic E-state index is 12.6. The van der Waals surface area contributed by atoms with Gasteiger partial charge in [-0.3, -0.25) is 4.79 Å². The minimum atomic E-state index is 0.0775. The number of likely N-dealkylation sites (tertiary alicyclic amines) is 1. The maximum Gasteiger partial charge on any atom is 0.253 e. The lowest BCUT2D eigenvalue weighted by molar-refractivity contribution is 0.0724. The molecule has 2 aromatic rings. The Morgan fingerprint density at radius 2 is 1.59 bits per heavy atom. The third-order valence-corrected chi connectivity index (χ3v) is 6.37. The second kappa shape index (κ2) is 10.8. The molecule has 1 amide bonds. The van der Waals surface area contributed by atoms with Gasteiger partial charge in [0, 0.05) is 43.1 Å². The van der Waals surface area contributed by atoms with E-state index in [-0.39, 0.29) is 11.9 Å². The molecule has 2 aromatic carbocycles. The number of ether oxygens (including phenoxy) is 1. The van der Waals surface area contributed by atoms with Crippen molar-refractivity contribution >= 4 is 34.6 Å². The molecule has 0 bridgehead atoms. The molecule has 2 N–H and O–H groups in total. The van der Waals surface area contributed by atoms with Crippen LogP contribution in [0.5, 0.6) is 0 Å². The van der Waals surface area contributed by atoms with E-state index in [1.54, 1.807) is 0 Å². The summed E-state index contributed by atoms with van der Waals surface area (Å²) in [6, 6.07) is 16.2. The fourth-order valence-corrected chi connectivity index (χ4v) is 4.51. The summed E-state index contributed by atoms with van der Waals surface area (Å²) in [5.41, 5.74) is 4.00. The Hall–Kier alpha value is -2.64. The van der Waals surface area contributed by atoms with E-state index in [1.807, 2.05) is 29.2 Å². The van der Waals surface area contributed by atoms with E-state index in [9.17, 15) is 4.79 Å². The van der Waals surface area contributed by atoms with Crippen LogP contribution in [-0.2, 0) is 4.74 Å². The molecular formula is C25H32N4O2S. The lowest BCUT2D eigenvalue weighted by Gasteiger charge is -2.29. The number of piperidine rings is 1. The molecular weight excluding hydrogens is 420 g/mol. The smallest absolute Gasteiger partial charge is 0.253 e. The van der Waals surface area contributed by atoms with E-state index < -0.39 is 0 Å². The Kier molecular flexibility index (Phi) is 7.60. The molecule has 170 valence electrons. The molecule has 0 radical (unpaired) electrons. The Balaban J connectivity index is 1.28. The summed E-state index contributed by atoms with van der Waals surface area (Å²) in [5.74, 6) is 0.117. The van der Waals surface area contributed by atoms with Crippen LogP contribution in [0.3, 0.4) is 0 Å². The SMILES string of the molecule is C[C@@H](NC(=S)Nc1ccc(C(=O)N2CCCCC2)cc1)c1ccc(N2CCOCC2)cc1. The van der Waals surface area contributed by atoms with E-state index in [4.69, 9.17) is 17.0 Å². The highest BCUT2D eigenvalue weighted by Gasteiger charge is 2.18. The number of nitrogens with zero attached hydrogens (tertiary/aromatic N) is 2. The second-order valence-electron chi connectivity index (χ2n) is 8.44. The van der Waals surface area contributed by atoms with Gasteiger partial charge in [0.25, 0.3) is 5.91 Å². The van der Waals surface area contributed by atoms with E-state index in [2.05, 4.69) is 46.7 Å². The fourth-order valence-electron chi connectivity index (χ4n) is 4.22. The van der Waals surface area contributed by atoms with Crippen molar-refractivity contribution in [3.05, 3.63) is 59.7 Å². The predicted molar refractivity (Wildman–Crippen MR) is 133 cm³/mol. The number of hydrogen-bond acceptors (Lipinski definition) is 4. The van der Waals surface area contributed by atoms with Gasteiger partial charge in [0.05, 0.1) is 19.3 Å². The molecule has 32 heavy (non-hydrogen) atoms. The van der Waals surface area contributed by atoms with Gasteiger partial charge in [-0.25, -0.2) is 0 Å². The molecule has 2 fully saturated rings. The Bertz CT molecular complexity index is 905. The normalized spacial score (nSPS) is 17.5. The third kappa shape index (κ3) is 5.78. The summed E-state index contributed by atoms with van der Waals surface area (Å²) in [5, 5.41) is 7.13. The van der Waals surface area contributed by atoms with Crippen LogP contribution < -0.4 is 15.5 Å². The van der Waals surface area contributed by atoms with E-state index in [0.717, 1.165) is 63.5 Å². The van der Waals surface area contributed by atoms with Gasteiger partial charge < -0.3 is 25.2 Å². The first-order chi connectivity index (χ1) is 15.6. The van der Waals surface area contributed by atoms with Gasteiger partial charge in [-0.05, 0) is 80.4 Å². The third-order valence-electron chi connectivity index (χ3n) is 6.15. The van der Waals surface area contributed by atoms with Crippen molar-refractivity contribution in [2.24, 2.45) is 0 Å². The van der Waals surface area contributed by atoms with Crippen LogP contribution in [0.2, 0.25) is 0 Å². The van der Waals surface area contributed by atoms with Gasteiger partial charge in [0.15, 0.2) is 5.11 Å². The van der Waals surface area contributed by atoms with Crippen LogP contribution in [0.25, 0.3) is 0 Å². The van der Waals surface area contributed by atoms with E-state index in [0.29, 0.717) is 5.11 Å². The average Bonchev–Trinajstić information content (AvgIpc) is 2.85. The van der Waals surface area contributed by atoms with Crippen LogP contribution in [0.15, 0.2) is 48.5 Å². The highest BCUT2D eigenvalue weighted by atomic mass is 32.1. The zero-order valence-electron chi connectivity index (χ0n) is 18.7. The van der Waals surface area contributed by atoms with Gasteiger partial charge in [-0.15, -0.1) is 0 Å².